The van der Waals surface area contributed by atoms with Crippen LogP contribution in [0.4, 0.5) is 5.69 Å². The van der Waals surface area contributed by atoms with Gasteiger partial charge in [-0.25, -0.2) is 0 Å². The first kappa shape index (κ1) is 13.0. The fourth-order valence-corrected chi connectivity index (χ4v) is 1.19. The zero-order valence-electron chi connectivity index (χ0n) is 9.68. The molecule has 7 nitrogen and oxygen atoms in total. The fourth-order valence-electron chi connectivity index (χ4n) is 1.19. The number of ether oxygens (including phenoxy) is 1. The number of nitrogens with zero attached hydrogens (tertiary/aromatic N) is 2. The fraction of sp³-hybridized carbons (Fsp3) is 0.500. The number of nitrogens with one attached hydrogen (secondary N) is 1. The molecule has 1 rings (SSSR count). The number of nitrogens with two attached hydrogens (primary N) is 1. The third-order valence-corrected chi connectivity index (χ3v) is 2.03. The number of hydrogen-bond donors (Lipinski definition) is 2. The minimum absolute atomic E-state index is 0.0250. The Morgan fingerprint density at radius 2 is 2.35 bits per heavy atom. The standard InChI is InChI=1S/C10H16N4O3/c1-12-9(15)3-2-4-17-10(16)7-14-6-8(11)5-13-14/h5-6H,2-4,7,11H2,1H3,(H,12,15). The van der Waals surface area contributed by atoms with Crippen LogP contribution in [0.3, 0.4) is 0 Å². The number of carbonyl (C=O) groups is 2. The van der Waals surface area contributed by atoms with Crippen LogP contribution in [0, 0.1) is 0 Å². The van der Waals surface area contributed by atoms with E-state index in [4.69, 9.17) is 10.5 Å². The summed E-state index contributed by atoms with van der Waals surface area (Å²) in [6.07, 6.45) is 3.86. The summed E-state index contributed by atoms with van der Waals surface area (Å²) in [5.74, 6) is -0.467. The second-order valence-electron chi connectivity index (χ2n) is 3.47. The van der Waals surface area contributed by atoms with Crippen LogP contribution in [0.15, 0.2) is 12.4 Å². The van der Waals surface area contributed by atoms with Crippen LogP contribution in [-0.2, 0) is 20.9 Å². The van der Waals surface area contributed by atoms with E-state index in [-0.39, 0.29) is 19.1 Å². The van der Waals surface area contributed by atoms with Gasteiger partial charge in [0.1, 0.15) is 6.54 Å². The molecule has 0 aliphatic rings. The van der Waals surface area contributed by atoms with E-state index < -0.39 is 5.97 Å². The highest BCUT2D eigenvalue weighted by Gasteiger charge is 2.05. The zero-order valence-corrected chi connectivity index (χ0v) is 9.68. The highest BCUT2D eigenvalue weighted by molar-refractivity contribution is 5.75. The van der Waals surface area contributed by atoms with Gasteiger partial charge in [-0.2, -0.15) is 5.10 Å². The molecule has 7 heteroatoms. The van der Waals surface area contributed by atoms with Crippen LogP contribution in [0.5, 0.6) is 0 Å². The summed E-state index contributed by atoms with van der Waals surface area (Å²) in [4.78, 5) is 22.2. The summed E-state index contributed by atoms with van der Waals surface area (Å²) in [5.41, 5.74) is 5.94. The monoisotopic (exact) mass is 240 g/mol. The first-order valence-electron chi connectivity index (χ1n) is 5.26. The Balaban J connectivity index is 2.15. The molecule has 17 heavy (non-hydrogen) atoms. The maximum atomic E-state index is 11.3. The SMILES string of the molecule is CNC(=O)CCCOC(=O)Cn1cc(N)cn1. The lowest BCUT2D eigenvalue weighted by molar-refractivity contribution is -0.145. The Labute approximate surface area is 98.9 Å². The van der Waals surface area contributed by atoms with Crippen molar-refractivity contribution in [1.82, 2.24) is 15.1 Å². The van der Waals surface area contributed by atoms with E-state index in [1.54, 1.807) is 13.2 Å². The van der Waals surface area contributed by atoms with E-state index in [9.17, 15) is 9.59 Å². The summed E-state index contributed by atoms with van der Waals surface area (Å²) in [6.45, 7) is 0.250. The number of anilines is 1. The Hall–Kier alpha value is -2.05. The minimum Gasteiger partial charge on any atom is -0.464 e. The average molecular weight is 240 g/mol. The van der Waals surface area contributed by atoms with E-state index in [1.165, 1.54) is 10.9 Å². The van der Waals surface area contributed by atoms with Crippen molar-refractivity contribution in [1.29, 1.82) is 0 Å². The summed E-state index contributed by atoms with van der Waals surface area (Å²) < 4.78 is 6.33. The van der Waals surface area contributed by atoms with Gasteiger partial charge in [0.2, 0.25) is 5.91 Å². The Bertz CT molecular complexity index is 389. The maximum Gasteiger partial charge on any atom is 0.327 e. The van der Waals surface area contributed by atoms with Gasteiger partial charge in [0, 0.05) is 19.7 Å². The number of rotatable bonds is 6. The molecule has 0 aliphatic heterocycles. The lowest BCUT2D eigenvalue weighted by atomic mass is 10.3. The number of carbonyl (C=O) groups excluding carboxylic acids is 2. The smallest absolute Gasteiger partial charge is 0.327 e. The van der Waals surface area contributed by atoms with Crippen LogP contribution >= 0.6 is 0 Å². The highest BCUT2D eigenvalue weighted by Crippen LogP contribution is 1.98. The van der Waals surface area contributed by atoms with Gasteiger partial charge < -0.3 is 15.8 Å². The molecule has 0 bridgehead atoms. The van der Waals surface area contributed by atoms with Gasteiger partial charge in [0.05, 0.1) is 18.5 Å². The van der Waals surface area contributed by atoms with Crippen LogP contribution in [0.25, 0.3) is 0 Å². The van der Waals surface area contributed by atoms with Gasteiger partial charge in [-0.15, -0.1) is 0 Å². The molecule has 0 aliphatic carbocycles. The predicted octanol–water partition coefficient (Wildman–Crippen LogP) is -0.465. The quantitative estimate of drug-likeness (QED) is 0.517. The molecule has 0 radical (unpaired) electrons. The number of hydrogen-bond acceptors (Lipinski definition) is 5. The summed E-state index contributed by atoms with van der Waals surface area (Å²) in [6, 6.07) is 0. The van der Waals surface area contributed by atoms with Crippen LogP contribution in [-0.4, -0.2) is 35.3 Å². The lowest BCUT2D eigenvalue weighted by Crippen LogP contribution is -2.19. The van der Waals surface area contributed by atoms with Crippen LogP contribution in [0.2, 0.25) is 0 Å². The van der Waals surface area contributed by atoms with Crippen molar-refractivity contribution in [2.45, 2.75) is 19.4 Å². The highest BCUT2D eigenvalue weighted by atomic mass is 16.5. The van der Waals surface area contributed by atoms with E-state index in [1.807, 2.05) is 0 Å². The third kappa shape index (κ3) is 5.01. The molecule has 1 heterocycles. The topological polar surface area (TPSA) is 99.2 Å². The molecule has 0 fully saturated rings. The molecule has 0 atom stereocenters. The molecule has 3 N–H and O–H groups in total. The molecule has 0 aromatic carbocycles. The summed E-state index contributed by atoms with van der Waals surface area (Å²) in [5, 5.41) is 6.34. The molecule has 0 saturated carbocycles. The van der Waals surface area contributed by atoms with Crippen molar-refractivity contribution in [2.24, 2.45) is 0 Å². The van der Waals surface area contributed by atoms with Gasteiger partial charge >= 0.3 is 5.97 Å². The number of amides is 1. The van der Waals surface area contributed by atoms with Crippen molar-refractivity contribution < 1.29 is 14.3 Å². The van der Waals surface area contributed by atoms with Gasteiger partial charge in [-0.3, -0.25) is 14.3 Å². The van der Waals surface area contributed by atoms with Crippen molar-refractivity contribution >= 4 is 17.6 Å². The van der Waals surface area contributed by atoms with Crippen molar-refractivity contribution in [3.63, 3.8) is 0 Å². The zero-order chi connectivity index (χ0) is 12.7. The normalized spacial score (nSPS) is 9.94. The molecular formula is C10H16N4O3. The number of esters is 1. The molecule has 0 spiro atoms. The first-order valence-corrected chi connectivity index (χ1v) is 5.26. The van der Waals surface area contributed by atoms with E-state index >= 15 is 0 Å². The second kappa shape index (κ2) is 6.51. The van der Waals surface area contributed by atoms with Crippen molar-refractivity contribution in [3.8, 4) is 0 Å². The molecule has 0 saturated heterocycles. The largest absolute Gasteiger partial charge is 0.464 e. The van der Waals surface area contributed by atoms with Crippen molar-refractivity contribution in [3.05, 3.63) is 12.4 Å². The Morgan fingerprint density at radius 3 is 2.94 bits per heavy atom. The predicted molar refractivity (Wildman–Crippen MR) is 60.9 cm³/mol. The summed E-state index contributed by atoms with van der Waals surface area (Å²) in [7, 11) is 1.57. The maximum absolute atomic E-state index is 11.3. The lowest BCUT2D eigenvalue weighted by Gasteiger charge is -2.04. The number of nitrogen functional groups attached to an aromatic ring is 1. The van der Waals surface area contributed by atoms with E-state index in [0.29, 0.717) is 18.5 Å². The molecule has 1 amide bonds. The first-order chi connectivity index (χ1) is 8.11. The van der Waals surface area contributed by atoms with Gasteiger partial charge in [0.25, 0.3) is 0 Å². The van der Waals surface area contributed by atoms with Crippen LogP contribution < -0.4 is 11.1 Å². The summed E-state index contributed by atoms with van der Waals surface area (Å²) >= 11 is 0. The van der Waals surface area contributed by atoms with E-state index in [2.05, 4.69) is 10.4 Å². The van der Waals surface area contributed by atoms with Gasteiger partial charge in [-0.05, 0) is 6.42 Å². The molecule has 0 unspecified atom stereocenters. The second-order valence-corrected chi connectivity index (χ2v) is 3.47. The van der Waals surface area contributed by atoms with Gasteiger partial charge in [-0.1, -0.05) is 0 Å². The molecule has 94 valence electrons. The molecule has 1 aromatic rings. The minimum atomic E-state index is -0.398. The average Bonchev–Trinajstić information content (AvgIpc) is 2.69. The number of aromatic nitrogens is 2. The van der Waals surface area contributed by atoms with Crippen molar-refractivity contribution in [2.75, 3.05) is 19.4 Å². The third-order valence-electron chi connectivity index (χ3n) is 2.03. The van der Waals surface area contributed by atoms with Crippen LogP contribution in [0.1, 0.15) is 12.8 Å². The molecular weight excluding hydrogens is 224 g/mol. The Morgan fingerprint density at radius 1 is 1.59 bits per heavy atom. The van der Waals surface area contributed by atoms with E-state index in [0.717, 1.165) is 0 Å². The Kier molecular flexibility index (Phi) is 4.99. The van der Waals surface area contributed by atoms with Gasteiger partial charge in [0.15, 0.2) is 0 Å². The molecule has 1 aromatic heterocycles.